The lowest BCUT2D eigenvalue weighted by Crippen LogP contribution is -2.59. The Labute approximate surface area is 400 Å². The van der Waals surface area contributed by atoms with Crippen LogP contribution in [0, 0.1) is 17.8 Å². The minimum absolute atomic E-state index is 0.00138. The van der Waals surface area contributed by atoms with E-state index in [-0.39, 0.29) is 24.5 Å². The standard InChI is InChI=1S/C48H77N7O13/c1-9-10-11-12-13-14-15-16-38(60)50-35(26-57)44(63)54-42(29(4)5)46(65)51-34(25-56)37(59)24-40(62)53-41(28(2)3)45(64)49-32-19-22-39(61)52-43(30(6)7)47(66)55(8)36(48(67)68-27-32)23-31-17-20-33(58)21-18-31/h17-22,28-30,32,34-37,41-43,56-59H,9-16,23-27H2,1-8H3,(H,49,64)(H,50,60)(H,51,65)(H,52,61)(H,53,62)(H,54,63)/t32-,34+,35+,36+,37+,41+,42+,43+/m1/s1. The summed E-state index contributed by atoms with van der Waals surface area (Å²) in [5, 5.41) is 56.2. The Kier molecular flexibility index (Phi) is 25.8. The van der Waals surface area contributed by atoms with Gasteiger partial charge in [0.05, 0.1) is 37.8 Å². The van der Waals surface area contributed by atoms with Gasteiger partial charge in [-0.05, 0) is 41.9 Å². The van der Waals surface area contributed by atoms with Crippen LogP contribution in [0.1, 0.15) is 112 Å². The normalized spacial score (nSPS) is 19.1. The van der Waals surface area contributed by atoms with Gasteiger partial charge in [-0.25, -0.2) is 4.79 Å². The second-order valence-corrected chi connectivity index (χ2v) is 18.4. The molecule has 0 aromatic heterocycles. The molecule has 1 heterocycles. The number of ether oxygens (including phenoxy) is 1. The second-order valence-electron chi connectivity index (χ2n) is 18.4. The molecule has 68 heavy (non-hydrogen) atoms. The summed E-state index contributed by atoms with van der Waals surface area (Å²) in [6.45, 7) is 10.1. The van der Waals surface area contributed by atoms with Crippen LogP contribution >= 0.6 is 0 Å². The lowest BCUT2D eigenvalue weighted by molar-refractivity contribution is -0.156. The summed E-state index contributed by atoms with van der Waals surface area (Å²) < 4.78 is 5.63. The van der Waals surface area contributed by atoms with Crippen molar-refractivity contribution in [3.8, 4) is 5.75 Å². The van der Waals surface area contributed by atoms with Gasteiger partial charge in [0.2, 0.25) is 41.4 Å². The number of rotatable bonds is 26. The first-order valence-corrected chi connectivity index (χ1v) is 23.7. The number of nitrogens with zero attached hydrogens (tertiary/aromatic N) is 1. The Morgan fingerprint density at radius 2 is 1.38 bits per heavy atom. The van der Waals surface area contributed by atoms with Crippen LogP contribution in [0.5, 0.6) is 5.75 Å². The van der Waals surface area contributed by atoms with Crippen LogP contribution in [-0.4, -0.2) is 148 Å². The average Bonchev–Trinajstić information content (AvgIpc) is 3.28. The van der Waals surface area contributed by atoms with E-state index in [4.69, 9.17) is 4.74 Å². The quantitative estimate of drug-likeness (QED) is 0.0451. The third-order valence-corrected chi connectivity index (χ3v) is 11.6. The molecule has 0 fully saturated rings. The maximum absolute atomic E-state index is 13.8. The number of hydrogen-bond acceptors (Lipinski definition) is 13. The highest BCUT2D eigenvalue weighted by atomic mass is 16.5. The molecule has 20 heteroatoms. The van der Waals surface area contributed by atoms with Crippen LogP contribution in [0.25, 0.3) is 0 Å². The Bertz CT molecular complexity index is 1840. The zero-order valence-electron chi connectivity index (χ0n) is 40.9. The fraction of sp³-hybridized carbons (Fsp3) is 0.667. The van der Waals surface area contributed by atoms with Gasteiger partial charge < -0.3 is 62.0 Å². The molecule has 1 aromatic rings. The first-order valence-electron chi connectivity index (χ1n) is 23.7. The summed E-state index contributed by atoms with van der Waals surface area (Å²) in [5.41, 5.74) is 0.604. The molecule has 20 nitrogen and oxygen atoms in total. The topological polar surface area (TPSA) is 302 Å². The zero-order valence-corrected chi connectivity index (χ0v) is 40.9. The number of nitrogens with one attached hydrogen (secondary N) is 6. The molecule has 1 aliphatic heterocycles. The molecule has 0 spiro atoms. The van der Waals surface area contributed by atoms with Crippen molar-refractivity contribution in [3.05, 3.63) is 42.0 Å². The fourth-order valence-corrected chi connectivity index (χ4v) is 7.34. The summed E-state index contributed by atoms with van der Waals surface area (Å²) in [4.78, 5) is 108. The van der Waals surface area contributed by atoms with Gasteiger partial charge in [-0.3, -0.25) is 33.6 Å². The van der Waals surface area contributed by atoms with Crippen molar-refractivity contribution in [2.24, 2.45) is 17.8 Å². The molecule has 382 valence electrons. The number of aromatic hydroxyl groups is 1. The number of carbonyl (C=O) groups is 8. The number of hydrogen-bond donors (Lipinski definition) is 10. The van der Waals surface area contributed by atoms with Gasteiger partial charge in [0.15, 0.2) is 0 Å². The average molecular weight is 960 g/mol. The van der Waals surface area contributed by atoms with Gasteiger partial charge in [-0.1, -0.05) is 105 Å². The number of cyclic esters (lactones) is 1. The van der Waals surface area contributed by atoms with E-state index >= 15 is 0 Å². The maximum atomic E-state index is 13.8. The molecule has 8 atom stereocenters. The van der Waals surface area contributed by atoms with E-state index < -0.39 is 134 Å². The minimum Gasteiger partial charge on any atom is -0.508 e. The monoisotopic (exact) mass is 960 g/mol. The first kappa shape index (κ1) is 58.5. The molecule has 0 saturated heterocycles. The predicted molar refractivity (Wildman–Crippen MR) is 252 cm³/mol. The minimum atomic E-state index is -1.68. The van der Waals surface area contributed by atoms with Gasteiger partial charge in [0.1, 0.15) is 42.6 Å². The molecular formula is C48H77N7O13. The highest BCUT2D eigenvalue weighted by Crippen LogP contribution is 2.18. The zero-order chi connectivity index (χ0) is 51.1. The van der Waals surface area contributed by atoms with Gasteiger partial charge in [0.25, 0.3) is 0 Å². The first-order chi connectivity index (χ1) is 32.1. The van der Waals surface area contributed by atoms with Crippen LogP contribution < -0.4 is 31.9 Å². The molecular weight excluding hydrogens is 883 g/mol. The number of amides is 7. The number of aliphatic hydroxyl groups excluding tert-OH is 3. The van der Waals surface area contributed by atoms with Crippen LogP contribution in [0.15, 0.2) is 36.4 Å². The number of carbonyl (C=O) groups excluding carboxylic acids is 8. The van der Waals surface area contributed by atoms with E-state index in [2.05, 4.69) is 38.8 Å². The number of aliphatic hydroxyl groups is 3. The molecule has 2 rings (SSSR count). The Morgan fingerprint density at radius 3 is 1.96 bits per heavy atom. The van der Waals surface area contributed by atoms with E-state index in [1.54, 1.807) is 53.7 Å². The summed E-state index contributed by atoms with van der Waals surface area (Å²) >= 11 is 0. The van der Waals surface area contributed by atoms with Crippen molar-refractivity contribution in [2.75, 3.05) is 26.9 Å². The van der Waals surface area contributed by atoms with Crippen molar-refractivity contribution in [2.45, 2.75) is 161 Å². The molecule has 0 radical (unpaired) electrons. The number of esters is 1. The highest BCUT2D eigenvalue weighted by Gasteiger charge is 2.37. The number of likely N-dealkylation sites (N-methyl/N-ethyl adjacent to an activating group) is 1. The van der Waals surface area contributed by atoms with E-state index in [9.17, 15) is 58.8 Å². The smallest absolute Gasteiger partial charge is 0.329 e. The number of benzene rings is 1. The summed E-state index contributed by atoms with van der Waals surface area (Å²) in [7, 11) is 1.42. The largest absolute Gasteiger partial charge is 0.508 e. The predicted octanol–water partition coefficient (Wildman–Crippen LogP) is 0.628. The number of phenolic OH excluding ortho intramolecular Hbond substituents is 1. The lowest BCUT2D eigenvalue weighted by Gasteiger charge is -2.32. The highest BCUT2D eigenvalue weighted by molar-refractivity contribution is 5.95. The van der Waals surface area contributed by atoms with E-state index in [0.29, 0.717) is 12.0 Å². The van der Waals surface area contributed by atoms with Crippen molar-refractivity contribution < 1.29 is 63.5 Å². The molecule has 0 saturated carbocycles. The van der Waals surface area contributed by atoms with Crippen LogP contribution in [0.2, 0.25) is 0 Å². The van der Waals surface area contributed by atoms with Gasteiger partial charge in [-0.15, -0.1) is 0 Å². The Hall–Kier alpha value is -5.60. The maximum Gasteiger partial charge on any atom is 0.329 e. The molecule has 1 aliphatic rings. The van der Waals surface area contributed by atoms with Gasteiger partial charge in [-0.2, -0.15) is 0 Å². The summed E-state index contributed by atoms with van der Waals surface area (Å²) in [6.07, 6.45) is 7.15. The molecule has 7 amide bonds. The van der Waals surface area contributed by atoms with Crippen molar-refractivity contribution in [1.29, 1.82) is 0 Å². The van der Waals surface area contributed by atoms with Gasteiger partial charge >= 0.3 is 5.97 Å². The molecule has 1 aromatic carbocycles. The molecule has 0 bridgehead atoms. The third-order valence-electron chi connectivity index (χ3n) is 11.6. The number of unbranched alkanes of at least 4 members (excludes halogenated alkanes) is 6. The van der Waals surface area contributed by atoms with E-state index in [1.807, 2.05) is 0 Å². The van der Waals surface area contributed by atoms with Crippen LogP contribution in [0.4, 0.5) is 0 Å². The molecule has 0 aliphatic carbocycles. The summed E-state index contributed by atoms with van der Waals surface area (Å²) in [6, 6.07) is -2.45. The molecule has 0 unspecified atom stereocenters. The SMILES string of the molecule is CCCCCCCCCC(=O)N[C@@H](CO)C(=O)N[C@H](C(=O)N[C@@H](CO)[C@@H](O)CC(=O)N[C@H](C(=O)N[C@@H]1C=CC(=O)N[C@@H](C(C)C)C(=O)N(C)[C@@H](Cc2ccc(O)cc2)C(=O)OC1)C(C)C)C(C)C. The fourth-order valence-electron chi connectivity index (χ4n) is 7.34. The van der Waals surface area contributed by atoms with Crippen molar-refractivity contribution in [3.63, 3.8) is 0 Å². The number of phenols is 1. The van der Waals surface area contributed by atoms with Crippen LogP contribution in [-0.2, 0) is 49.5 Å². The Balaban J connectivity index is 2.13. The summed E-state index contributed by atoms with van der Waals surface area (Å²) in [5.74, 6) is -7.10. The second kappa shape index (κ2) is 30.0. The van der Waals surface area contributed by atoms with E-state index in [1.165, 1.54) is 30.2 Å². The third kappa shape index (κ3) is 19.9. The van der Waals surface area contributed by atoms with Gasteiger partial charge in [0, 0.05) is 26.0 Å². The lowest BCUT2D eigenvalue weighted by atomic mass is 9.99. The Morgan fingerprint density at radius 1 is 0.779 bits per heavy atom. The van der Waals surface area contributed by atoms with Crippen molar-refractivity contribution in [1.82, 2.24) is 36.8 Å². The molecule has 10 N–H and O–H groups in total. The van der Waals surface area contributed by atoms with E-state index in [0.717, 1.165) is 44.6 Å². The van der Waals surface area contributed by atoms with Crippen molar-refractivity contribution >= 4 is 47.3 Å². The van der Waals surface area contributed by atoms with Crippen LogP contribution in [0.3, 0.4) is 0 Å².